The number of thioether (sulfide) groups is 1. The van der Waals surface area contributed by atoms with Crippen molar-refractivity contribution in [2.24, 2.45) is 0 Å². The van der Waals surface area contributed by atoms with Gasteiger partial charge in [0.2, 0.25) is 0 Å². The maximum absolute atomic E-state index is 3.59. The Bertz CT molecular complexity index is 519. The Balaban J connectivity index is 2.01. The van der Waals surface area contributed by atoms with E-state index in [0.717, 1.165) is 12.3 Å². The van der Waals surface area contributed by atoms with Gasteiger partial charge in [0.1, 0.15) is 0 Å². The van der Waals surface area contributed by atoms with E-state index in [1.165, 1.54) is 20.2 Å². The van der Waals surface area contributed by atoms with Crippen molar-refractivity contribution in [2.75, 3.05) is 12.3 Å². The summed E-state index contributed by atoms with van der Waals surface area (Å²) in [6.07, 6.45) is 0. The lowest BCUT2D eigenvalue weighted by atomic mass is 10.2. The zero-order valence-corrected chi connectivity index (χ0v) is 13.4. The second-order valence-corrected chi connectivity index (χ2v) is 7.10. The fourth-order valence-corrected chi connectivity index (χ4v) is 4.17. The summed E-state index contributed by atoms with van der Waals surface area (Å²) in [5, 5.41) is 3.59. The molecule has 2 rings (SSSR count). The van der Waals surface area contributed by atoms with Crippen molar-refractivity contribution in [3.8, 4) is 0 Å². The smallest absolute Gasteiger partial charge is 0.0510 e. The zero-order valence-electron chi connectivity index (χ0n) is 11.8. The average molecular weight is 291 g/mol. The first-order chi connectivity index (χ1) is 9.19. The third-order valence-electron chi connectivity index (χ3n) is 2.96. The van der Waals surface area contributed by atoms with Gasteiger partial charge in [0.25, 0.3) is 0 Å². The molecule has 0 saturated carbocycles. The van der Waals surface area contributed by atoms with Gasteiger partial charge in [0, 0.05) is 20.4 Å². The largest absolute Gasteiger partial charge is 0.309 e. The van der Waals surface area contributed by atoms with Crippen LogP contribution in [0.25, 0.3) is 0 Å². The van der Waals surface area contributed by atoms with Crippen molar-refractivity contribution < 1.29 is 0 Å². The molecule has 0 aliphatic carbocycles. The number of hydrogen-bond acceptors (Lipinski definition) is 3. The van der Waals surface area contributed by atoms with E-state index in [9.17, 15) is 0 Å². The summed E-state index contributed by atoms with van der Waals surface area (Å²) in [6.45, 7) is 7.50. The van der Waals surface area contributed by atoms with E-state index in [0.29, 0.717) is 6.04 Å². The number of hydrogen-bond donors (Lipinski definition) is 1. The van der Waals surface area contributed by atoms with Gasteiger partial charge in [-0.2, -0.15) is 0 Å². The van der Waals surface area contributed by atoms with Crippen LogP contribution in [0.2, 0.25) is 0 Å². The predicted molar refractivity (Wildman–Crippen MR) is 87.4 cm³/mol. The fraction of sp³-hybridized carbons (Fsp3) is 0.375. The molecule has 1 aromatic heterocycles. The van der Waals surface area contributed by atoms with E-state index >= 15 is 0 Å². The van der Waals surface area contributed by atoms with Crippen LogP contribution in [0, 0.1) is 13.8 Å². The van der Waals surface area contributed by atoms with Gasteiger partial charge in [-0.05, 0) is 44.7 Å². The second kappa shape index (κ2) is 7.13. The van der Waals surface area contributed by atoms with Crippen molar-refractivity contribution in [3.63, 3.8) is 0 Å². The van der Waals surface area contributed by atoms with Crippen LogP contribution in [-0.2, 0) is 0 Å². The van der Waals surface area contributed by atoms with Gasteiger partial charge >= 0.3 is 0 Å². The van der Waals surface area contributed by atoms with Gasteiger partial charge in [-0.15, -0.1) is 23.1 Å². The molecule has 0 bridgehead atoms. The Morgan fingerprint density at radius 3 is 2.68 bits per heavy atom. The summed E-state index contributed by atoms with van der Waals surface area (Å²) in [5.41, 5.74) is 1.33. The minimum Gasteiger partial charge on any atom is -0.309 e. The number of thiophene rings is 1. The Hall–Kier alpha value is -0.770. The van der Waals surface area contributed by atoms with E-state index < -0.39 is 0 Å². The number of benzene rings is 1. The van der Waals surface area contributed by atoms with Gasteiger partial charge in [-0.25, -0.2) is 0 Å². The standard InChI is InChI=1S/C16H21NS2/c1-4-17-15(16-9-8-13(3)19-16)11-18-14-7-5-6-12(2)10-14/h5-10,15,17H,4,11H2,1-3H3. The highest BCUT2D eigenvalue weighted by Gasteiger charge is 2.12. The average Bonchev–Trinajstić information content (AvgIpc) is 2.81. The molecule has 0 spiro atoms. The molecule has 0 amide bonds. The molecular formula is C16H21NS2. The van der Waals surface area contributed by atoms with E-state index in [-0.39, 0.29) is 0 Å². The van der Waals surface area contributed by atoms with Crippen molar-refractivity contribution >= 4 is 23.1 Å². The normalized spacial score (nSPS) is 12.6. The molecular weight excluding hydrogens is 270 g/mol. The highest BCUT2D eigenvalue weighted by Crippen LogP contribution is 2.29. The van der Waals surface area contributed by atoms with Gasteiger partial charge in [0.05, 0.1) is 6.04 Å². The quantitative estimate of drug-likeness (QED) is 0.767. The fourth-order valence-electron chi connectivity index (χ4n) is 2.01. The molecule has 1 atom stereocenters. The van der Waals surface area contributed by atoms with E-state index in [4.69, 9.17) is 0 Å². The van der Waals surface area contributed by atoms with Crippen LogP contribution in [0.4, 0.5) is 0 Å². The molecule has 102 valence electrons. The summed E-state index contributed by atoms with van der Waals surface area (Å²) >= 11 is 3.83. The van der Waals surface area contributed by atoms with Crippen LogP contribution < -0.4 is 5.32 Å². The maximum atomic E-state index is 3.59. The third kappa shape index (κ3) is 4.37. The lowest BCUT2D eigenvalue weighted by Crippen LogP contribution is -2.21. The van der Waals surface area contributed by atoms with E-state index in [1.54, 1.807) is 0 Å². The lowest BCUT2D eigenvalue weighted by Gasteiger charge is -2.16. The number of nitrogens with one attached hydrogen (secondary N) is 1. The Morgan fingerprint density at radius 2 is 2.05 bits per heavy atom. The van der Waals surface area contributed by atoms with Gasteiger partial charge in [0.15, 0.2) is 0 Å². The molecule has 2 aromatic rings. The van der Waals surface area contributed by atoms with E-state index in [1.807, 2.05) is 23.1 Å². The molecule has 1 unspecified atom stereocenters. The third-order valence-corrected chi connectivity index (χ3v) is 5.16. The SMILES string of the molecule is CCNC(CSc1cccc(C)c1)c1ccc(C)s1. The summed E-state index contributed by atoms with van der Waals surface area (Å²) in [7, 11) is 0. The van der Waals surface area contributed by atoms with Crippen molar-refractivity contribution in [1.29, 1.82) is 0 Å². The molecule has 0 fully saturated rings. The van der Waals surface area contributed by atoms with Gasteiger partial charge < -0.3 is 5.32 Å². The van der Waals surface area contributed by atoms with Crippen LogP contribution >= 0.6 is 23.1 Å². The monoisotopic (exact) mass is 291 g/mol. The van der Waals surface area contributed by atoms with Crippen LogP contribution in [-0.4, -0.2) is 12.3 Å². The zero-order chi connectivity index (χ0) is 13.7. The minimum absolute atomic E-state index is 0.453. The van der Waals surface area contributed by atoms with Gasteiger partial charge in [-0.1, -0.05) is 24.6 Å². The molecule has 0 radical (unpaired) electrons. The lowest BCUT2D eigenvalue weighted by molar-refractivity contribution is 0.615. The topological polar surface area (TPSA) is 12.0 Å². The Kier molecular flexibility index (Phi) is 5.49. The molecule has 3 heteroatoms. The van der Waals surface area contributed by atoms with Crippen LogP contribution in [0.5, 0.6) is 0 Å². The minimum atomic E-state index is 0.453. The number of aryl methyl sites for hydroxylation is 2. The van der Waals surface area contributed by atoms with Gasteiger partial charge in [-0.3, -0.25) is 0 Å². The molecule has 0 aliphatic rings. The Labute approximate surface area is 124 Å². The molecule has 1 nitrogen and oxygen atoms in total. The van der Waals surface area contributed by atoms with E-state index in [2.05, 4.69) is 62.5 Å². The Morgan fingerprint density at radius 1 is 1.21 bits per heavy atom. The van der Waals surface area contributed by atoms with Crippen molar-refractivity contribution in [3.05, 3.63) is 51.7 Å². The first kappa shape index (κ1) is 14.6. The molecule has 1 N–H and O–H groups in total. The second-order valence-electron chi connectivity index (χ2n) is 4.69. The molecule has 0 aliphatic heterocycles. The molecule has 1 heterocycles. The number of rotatable bonds is 6. The summed E-state index contributed by atoms with van der Waals surface area (Å²) in [6, 6.07) is 13.7. The van der Waals surface area contributed by atoms with Crippen LogP contribution in [0.1, 0.15) is 28.3 Å². The predicted octanol–water partition coefficient (Wildman–Crippen LogP) is 4.81. The maximum Gasteiger partial charge on any atom is 0.0510 e. The van der Waals surface area contributed by atoms with Crippen molar-refractivity contribution in [1.82, 2.24) is 5.32 Å². The summed E-state index contributed by atoms with van der Waals surface area (Å²) in [4.78, 5) is 4.19. The summed E-state index contributed by atoms with van der Waals surface area (Å²) in [5.74, 6) is 1.08. The van der Waals surface area contributed by atoms with Crippen LogP contribution in [0.3, 0.4) is 0 Å². The first-order valence-electron chi connectivity index (χ1n) is 6.68. The molecule has 1 aromatic carbocycles. The highest BCUT2D eigenvalue weighted by atomic mass is 32.2. The van der Waals surface area contributed by atoms with Crippen molar-refractivity contribution in [2.45, 2.75) is 31.7 Å². The first-order valence-corrected chi connectivity index (χ1v) is 8.48. The highest BCUT2D eigenvalue weighted by molar-refractivity contribution is 7.99. The summed E-state index contributed by atoms with van der Waals surface area (Å²) < 4.78 is 0. The van der Waals surface area contributed by atoms with Crippen LogP contribution in [0.15, 0.2) is 41.3 Å². The molecule has 19 heavy (non-hydrogen) atoms. The molecule has 0 saturated heterocycles.